The number of amides is 1. The lowest BCUT2D eigenvalue weighted by Crippen LogP contribution is -2.27. The van der Waals surface area contributed by atoms with Crippen LogP contribution in [0, 0.1) is 0 Å². The van der Waals surface area contributed by atoms with E-state index >= 15 is 0 Å². The molecule has 3 nitrogen and oxygen atoms in total. The molecule has 22 heavy (non-hydrogen) atoms. The van der Waals surface area contributed by atoms with Gasteiger partial charge in [-0.25, -0.2) is 0 Å². The molecule has 118 valence electrons. The van der Waals surface area contributed by atoms with Crippen molar-refractivity contribution in [2.75, 3.05) is 13.2 Å². The van der Waals surface area contributed by atoms with E-state index in [4.69, 9.17) is 4.74 Å². The van der Waals surface area contributed by atoms with Crippen molar-refractivity contribution in [2.45, 2.75) is 6.18 Å². The molecule has 0 unspecified atom stereocenters. The van der Waals surface area contributed by atoms with Gasteiger partial charge in [0.2, 0.25) is 0 Å². The molecule has 0 radical (unpaired) electrons. The highest BCUT2D eigenvalue weighted by molar-refractivity contribution is 9.10. The minimum absolute atomic E-state index is 0.167. The number of benzene rings is 1. The lowest BCUT2D eigenvalue weighted by Gasteiger charge is -2.09. The summed E-state index contributed by atoms with van der Waals surface area (Å²) < 4.78 is 43.2. The number of ether oxygens (including phenoxy) is 1. The zero-order valence-electron chi connectivity index (χ0n) is 11.1. The summed E-state index contributed by atoms with van der Waals surface area (Å²) in [6.07, 6.45) is -4.36. The fourth-order valence-electron chi connectivity index (χ4n) is 1.61. The summed E-state index contributed by atoms with van der Waals surface area (Å²) in [5, 5.41) is 4.46. The van der Waals surface area contributed by atoms with Gasteiger partial charge in [0, 0.05) is 4.47 Å². The number of rotatable bonds is 5. The fourth-order valence-corrected chi connectivity index (χ4v) is 3.08. The Kier molecular flexibility index (Phi) is 5.47. The summed E-state index contributed by atoms with van der Waals surface area (Å²) >= 11 is 4.57. The Hall–Kier alpha value is -1.54. The number of alkyl halides is 3. The van der Waals surface area contributed by atoms with E-state index in [0.29, 0.717) is 10.6 Å². The highest BCUT2D eigenvalue weighted by Crippen LogP contribution is 2.30. The zero-order chi connectivity index (χ0) is 16.2. The summed E-state index contributed by atoms with van der Waals surface area (Å²) in [5.41, 5.74) is -0.726. The molecule has 1 amide bonds. The van der Waals surface area contributed by atoms with Crippen LogP contribution in [-0.4, -0.2) is 19.1 Å². The standard InChI is InChI=1S/C14H11BrF3NO2S/c15-11-5-8-22-12(11)13(20)19-6-7-21-10-3-1-9(2-4-10)14(16,17)18/h1-5,8H,6-7H2,(H,19,20). The Morgan fingerprint density at radius 2 is 1.91 bits per heavy atom. The molecule has 1 N–H and O–H groups in total. The molecule has 2 aromatic rings. The van der Waals surface area contributed by atoms with Crippen LogP contribution in [-0.2, 0) is 6.18 Å². The first-order valence-electron chi connectivity index (χ1n) is 6.19. The Bertz CT molecular complexity index is 640. The van der Waals surface area contributed by atoms with Crippen LogP contribution in [0.2, 0.25) is 0 Å². The second-order valence-electron chi connectivity index (χ2n) is 4.22. The van der Waals surface area contributed by atoms with E-state index in [1.165, 1.54) is 23.5 Å². The van der Waals surface area contributed by atoms with Crippen molar-refractivity contribution in [1.29, 1.82) is 0 Å². The molecule has 0 fully saturated rings. The summed E-state index contributed by atoms with van der Waals surface area (Å²) in [4.78, 5) is 12.3. The number of halogens is 4. The minimum Gasteiger partial charge on any atom is -0.492 e. The van der Waals surface area contributed by atoms with Gasteiger partial charge >= 0.3 is 6.18 Å². The number of hydrogen-bond acceptors (Lipinski definition) is 3. The number of carbonyl (C=O) groups excluding carboxylic acids is 1. The van der Waals surface area contributed by atoms with E-state index in [0.717, 1.165) is 16.6 Å². The quantitative estimate of drug-likeness (QED) is 0.767. The molecule has 0 spiro atoms. The molecule has 0 aliphatic carbocycles. The van der Waals surface area contributed by atoms with E-state index in [1.807, 2.05) is 0 Å². The van der Waals surface area contributed by atoms with E-state index in [2.05, 4.69) is 21.2 Å². The molecular formula is C14H11BrF3NO2S. The normalized spacial score (nSPS) is 11.3. The van der Waals surface area contributed by atoms with Crippen molar-refractivity contribution < 1.29 is 22.7 Å². The molecule has 0 saturated heterocycles. The predicted molar refractivity (Wildman–Crippen MR) is 81.3 cm³/mol. The summed E-state index contributed by atoms with van der Waals surface area (Å²) in [6, 6.07) is 6.19. The van der Waals surface area contributed by atoms with E-state index in [1.54, 1.807) is 11.4 Å². The second kappa shape index (κ2) is 7.15. The van der Waals surface area contributed by atoms with E-state index < -0.39 is 11.7 Å². The van der Waals surface area contributed by atoms with Gasteiger partial charge in [0.25, 0.3) is 5.91 Å². The van der Waals surface area contributed by atoms with Gasteiger partial charge in [0.05, 0.1) is 12.1 Å². The summed E-state index contributed by atoms with van der Waals surface area (Å²) in [5.74, 6) is 0.0949. The van der Waals surface area contributed by atoms with Gasteiger partial charge in [-0.15, -0.1) is 11.3 Å². The fraction of sp³-hybridized carbons (Fsp3) is 0.214. The zero-order valence-corrected chi connectivity index (χ0v) is 13.5. The van der Waals surface area contributed by atoms with Gasteiger partial charge < -0.3 is 10.1 Å². The SMILES string of the molecule is O=C(NCCOc1ccc(C(F)(F)F)cc1)c1sccc1Br. The second-order valence-corrected chi connectivity index (χ2v) is 5.99. The third-order valence-corrected chi connectivity index (χ3v) is 4.50. The van der Waals surface area contributed by atoms with Crippen LogP contribution >= 0.6 is 27.3 Å². The van der Waals surface area contributed by atoms with Crippen LogP contribution < -0.4 is 10.1 Å². The number of thiophene rings is 1. The van der Waals surface area contributed by atoms with Crippen molar-refractivity contribution in [2.24, 2.45) is 0 Å². The lowest BCUT2D eigenvalue weighted by atomic mass is 10.2. The van der Waals surface area contributed by atoms with Crippen LogP contribution in [0.4, 0.5) is 13.2 Å². The molecule has 8 heteroatoms. The summed E-state index contributed by atoms with van der Waals surface area (Å²) in [7, 11) is 0. The van der Waals surface area contributed by atoms with Crippen LogP contribution in [0.25, 0.3) is 0 Å². The first-order chi connectivity index (χ1) is 10.4. The molecule has 2 rings (SSSR count). The average Bonchev–Trinajstić information content (AvgIpc) is 2.89. The maximum Gasteiger partial charge on any atom is 0.416 e. The first kappa shape index (κ1) is 16.8. The van der Waals surface area contributed by atoms with Gasteiger partial charge in [-0.3, -0.25) is 4.79 Å². The highest BCUT2D eigenvalue weighted by Gasteiger charge is 2.29. The molecule has 0 aliphatic rings. The van der Waals surface area contributed by atoms with Gasteiger partial charge in [-0.1, -0.05) is 0 Å². The van der Waals surface area contributed by atoms with E-state index in [-0.39, 0.29) is 19.1 Å². The smallest absolute Gasteiger partial charge is 0.416 e. The minimum atomic E-state index is -4.36. The average molecular weight is 394 g/mol. The topological polar surface area (TPSA) is 38.3 Å². The Labute approximate surface area is 137 Å². The molecule has 1 aromatic heterocycles. The van der Waals surface area contributed by atoms with Crippen molar-refractivity contribution in [3.05, 3.63) is 50.6 Å². The van der Waals surface area contributed by atoms with Gasteiger partial charge in [0.1, 0.15) is 17.2 Å². The van der Waals surface area contributed by atoms with Crippen LogP contribution in [0.15, 0.2) is 40.2 Å². The van der Waals surface area contributed by atoms with Gasteiger partial charge in [-0.05, 0) is 51.6 Å². The molecule has 0 aliphatic heterocycles. The Morgan fingerprint density at radius 1 is 1.23 bits per heavy atom. The first-order valence-corrected chi connectivity index (χ1v) is 7.86. The molecule has 0 atom stereocenters. The predicted octanol–water partition coefficient (Wildman–Crippen LogP) is 4.34. The third-order valence-electron chi connectivity index (χ3n) is 2.66. The molecule has 1 aromatic carbocycles. The molecule has 0 saturated carbocycles. The maximum atomic E-state index is 12.4. The molecule has 0 bridgehead atoms. The van der Waals surface area contributed by atoms with Crippen molar-refractivity contribution >= 4 is 33.2 Å². The largest absolute Gasteiger partial charge is 0.492 e. The third kappa shape index (κ3) is 4.48. The number of hydrogen-bond donors (Lipinski definition) is 1. The number of carbonyl (C=O) groups is 1. The lowest BCUT2D eigenvalue weighted by molar-refractivity contribution is -0.137. The van der Waals surface area contributed by atoms with Crippen LogP contribution in [0.5, 0.6) is 5.75 Å². The maximum absolute atomic E-state index is 12.4. The highest BCUT2D eigenvalue weighted by atomic mass is 79.9. The molecular weight excluding hydrogens is 383 g/mol. The Morgan fingerprint density at radius 3 is 2.45 bits per heavy atom. The number of nitrogens with one attached hydrogen (secondary N) is 1. The van der Waals surface area contributed by atoms with Crippen LogP contribution in [0.3, 0.4) is 0 Å². The van der Waals surface area contributed by atoms with Crippen molar-refractivity contribution in [1.82, 2.24) is 5.32 Å². The monoisotopic (exact) mass is 393 g/mol. The van der Waals surface area contributed by atoms with Crippen molar-refractivity contribution in [3.63, 3.8) is 0 Å². The summed E-state index contributed by atoms with van der Waals surface area (Å²) in [6.45, 7) is 0.421. The molecule has 1 heterocycles. The van der Waals surface area contributed by atoms with E-state index in [9.17, 15) is 18.0 Å². The van der Waals surface area contributed by atoms with Crippen LogP contribution in [0.1, 0.15) is 15.2 Å². The Balaban J connectivity index is 1.77. The van der Waals surface area contributed by atoms with Crippen molar-refractivity contribution in [3.8, 4) is 5.75 Å². The van der Waals surface area contributed by atoms with Gasteiger partial charge in [-0.2, -0.15) is 13.2 Å². The van der Waals surface area contributed by atoms with Gasteiger partial charge in [0.15, 0.2) is 0 Å².